The van der Waals surface area contributed by atoms with E-state index in [0.717, 1.165) is 35.2 Å². The van der Waals surface area contributed by atoms with Gasteiger partial charge in [-0.2, -0.15) is 0 Å². The van der Waals surface area contributed by atoms with Crippen molar-refractivity contribution in [1.82, 2.24) is 4.98 Å². The van der Waals surface area contributed by atoms with Crippen molar-refractivity contribution in [3.63, 3.8) is 0 Å². The Labute approximate surface area is 175 Å². The molecule has 0 bridgehead atoms. The molecule has 1 fully saturated rings. The number of fused-ring (bicyclic) bond motifs is 1. The number of aryl methyl sites for hydroxylation is 2. The number of thiazole rings is 1. The van der Waals surface area contributed by atoms with E-state index in [1.807, 2.05) is 6.92 Å². The van der Waals surface area contributed by atoms with E-state index in [-0.39, 0.29) is 12.0 Å². The number of benzene rings is 1. The van der Waals surface area contributed by atoms with Gasteiger partial charge in [-0.1, -0.05) is 40.6 Å². The SMILES string of the molecule is Cc1cc(C)c2nc(N(C[C@H]3CCCO3)C(=O)c3cc(Cl)sc3Cl)sc2c1. The van der Waals surface area contributed by atoms with Crippen LogP contribution >= 0.6 is 45.9 Å². The van der Waals surface area contributed by atoms with Gasteiger partial charge in [0, 0.05) is 6.61 Å². The summed E-state index contributed by atoms with van der Waals surface area (Å²) in [6, 6.07) is 5.84. The van der Waals surface area contributed by atoms with Crippen LogP contribution in [0.4, 0.5) is 5.13 Å². The molecular weight excluding hydrogens is 423 g/mol. The van der Waals surface area contributed by atoms with Gasteiger partial charge >= 0.3 is 0 Å². The minimum atomic E-state index is -0.188. The molecule has 1 saturated heterocycles. The fourth-order valence-electron chi connectivity index (χ4n) is 3.35. The number of aromatic nitrogens is 1. The van der Waals surface area contributed by atoms with Crippen molar-refractivity contribution < 1.29 is 9.53 Å². The highest BCUT2D eigenvalue weighted by molar-refractivity contribution is 7.22. The van der Waals surface area contributed by atoms with Gasteiger partial charge in [0.1, 0.15) is 4.34 Å². The van der Waals surface area contributed by atoms with Crippen LogP contribution < -0.4 is 4.90 Å². The number of thiophene rings is 1. The molecule has 8 heteroatoms. The summed E-state index contributed by atoms with van der Waals surface area (Å²) in [7, 11) is 0. The third-order valence-electron chi connectivity index (χ3n) is 4.59. The minimum Gasteiger partial charge on any atom is -0.376 e. The molecule has 1 aromatic carbocycles. The number of carbonyl (C=O) groups is 1. The average Bonchev–Trinajstić information content (AvgIpc) is 3.32. The van der Waals surface area contributed by atoms with Crippen molar-refractivity contribution in [2.45, 2.75) is 32.8 Å². The Balaban J connectivity index is 1.76. The molecule has 0 radical (unpaired) electrons. The number of hydrogen-bond donors (Lipinski definition) is 0. The second-order valence-corrected chi connectivity index (χ2v) is 10.0. The molecular formula is C19H18Cl2N2O2S2. The first-order valence-corrected chi connectivity index (χ1v) is 11.1. The van der Waals surface area contributed by atoms with E-state index in [9.17, 15) is 4.79 Å². The molecule has 27 heavy (non-hydrogen) atoms. The highest BCUT2D eigenvalue weighted by Gasteiger charge is 2.29. The lowest BCUT2D eigenvalue weighted by atomic mass is 10.1. The molecule has 0 unspecified atom stereocenters. The number of halogens is 2. The monoisotopic (exact) mass is 440 g/mol. The second-order valence-electron chi connectivity index (χ2n) is 6.71. The fourth-order valence-corrected chi connectivity index (χ4v) is 5.94. The standard InChI is InChI=1S/C19H18Cl2N2O2S2/c1-10-6-11(2)16-14(7-10)26-19(22-16)23(9-12-4-3-5-25-12)18(24)13-8-15(20)27-17(13)21/h6-8,12H,3-5,9H2,1-2H3/t12-/m1/s1. The maximum absolute atomic E-state index is 13.3. The summed E-state index contributed by atoms with van der Waals surface area (Å²) in [5.74, 6) is -0.188. The molecule has 142 valence electrons. The van der Waals surface area contributed by atoms with Crippen LogP contribution in [0.15, 0.2) is 18.2 Å². The van der Waals surface area contributed by atoms with Crippen molar-refractivity contribution in [2.24, 2.45) is 0 Å². The lowest BCUT2D eigenvalue weighted by Gasteiger charge is -2.22. The first-order valence-electron chi connectivity index (χ1n) is 8.68. The van der Waals surface area contributed by atoms with Gasteiger partial charge in [-0.3, -0.25) is 9.69 Å². The second kappa shape index (κ2) is 7.68. The van der Waals surface area contributed by atoms with E-state index < -0.39 is 0 Å². The van der Waals surface area contributed by atoms with Gasteiger partial charge in [0.25, 0.3) is 5.91 Å². The molecule has 1 aliphatic rings. The topological polar surface area (TPSA) is 42.4 Å². The Morgan fingerprint density at radius 2 is 2.11 bits per heavy atom. The van der Waals surface area contributed by atoms with Crippen LogP contribution in [-0.2, 0) is 4.74 Å². The molecule has 0 saturated carbocycles. The maximum atomic E-state index is 13.3. The van der Waals surface area contributed by atoms with Crippen LogP contribution in [0.3, 0.4) is 0 Å². The quantitative estimate of drug-likeness (QED) is 0.491. The molecule has 1 aliphatic heterocycles. The maximum Gasteiger partial charge on any atom is 0.262 e. The number of rotatable bonds is 4. The van der Waals surface area contributed by atoms with Gasteiger partial charge in [0.2, 0.25) is 0 Å². The number of anilines is 1. The summed E-state index contributed by atoms with van der Waals surface area (Å²) in [4.78, 5) is 19.8. The highest BCUT2D eigenvalue weighted by atomic mass is 35.5. The molecule has 0 aliphatic carbocycles. The third kappa shape index (κ3) is 3.87. The first-order chi connectivity index (χ1) is 12.9. The normalized spacial score (nSPS) is 17.0. The summed E-state index contributed by atoms with van der Waals surface area (Å²) >= 11 is 15.0. The predicted octanol–water partition coefficient (Wildman–Crippen LogP) is 6.11. The molecule has 2 aromatic heterocycles. The van der Waals surface area contributed by atoms with Gasteiger partial charge in [-0.25, -0.2) is 4.98 Å². The fraction of sp³-hybridized carbons (Fsp3) is 0.368. The Morgan fingerprint density at radius 1 is 1.30 bits per heavy atom. The summed E-state index contributed by atoms with van der Waals surface area (Å²) < 4.78 is 7.74. The molecule has 4 nitrogen and oxygen atoms in total. The largest absolute Gasteiger partial charge is 0.376 e. The van der Waals surface area contributed by atoms with E-state index >= 15 is 0 Å². The van der Waals surface area contributed by atoms with Crippen LogP contribution in [0.5, 0.6) is 0 Å². The number of nitrogens with zero attached hydrogens (tertiary/aromatic N) is 2. The molecule has 0 N–H and O–H groups in total. The van der Waals surface area contributed by atoms with E-state index in [1.54, 1.807) is 11.0 Å². The minimum absolute atomic E-state index is 0.0108. The van der Waals surface area contributed by atoms with Crippen molar-refractivity contribution in [3.05, 3.63) is 43.6 Å². The van der Waals surface area contributed by atoms with Gasteiger partial charge in [-0.05, 0) is 49.9 Å². The molecule has 3 aromatic rings. The van der Waals surface area contributed by atoms with Gasteiger partial charge in [-0.15, -0.1) is 11.3 Å². The summed E-state index contributed by atoms with van der Waals surface area (Å²) in [6.45, 7) is 5.30. The number of hydrogen-bond acceptors (Lipinski definition) is 5. The Morgan fingerprint density at radius 3 is 2.78 bits per heavy atom. The Kier molecular flexibility index (Phi) is 5.45. The zero-order chi connectivity index (χ0) is 19.1. The van der Waals surface area contributed by atoms with Crippen molar-refractivity contribution in [3.8, 4) is 0 Å². The smallest absolute Gasteiger partial charge is 0.262 e. The molecule has 4 rings (SSSR count). The van der Waals surface area contributed by atoms with Crippen LogP contribution in [0.1, 0.15) is 34.3 Å². The summed E-state index contributed by atoms with van der Waals surface area (Å²) in [5, 5.41) is 0.664. The van der Waals surface area contributed by atoms with Gasteiger partial charge in [0.15, 0.2) is 5.13 Å². The van der Waals surface area contributed by atoms with Gasteiger partial charge < -0.3 is 4.74 Å². The van der Waals surface area contributed by atoms with Crippen LogP contribution in [-0.4, -0.2) is 30.1 Å². The molecule has 1 atom stereocenters. The summed E-state index contributed by atoms with van der Waals surface area (Å²) in [6.07, 6.45) is 1.96. The third-order valence-corrected chi connectivity index (χ3v) is 7.10. The molecule has 0 spiro atoms. The van der Waals surface area contributed by atoms with Gasteiger partial charge in [0.05, 0.1) is 32.8 Å². The van der Waals surface area contributed by atoms with E-state index in [1.165, 1.54) is 28.2 Å². The zero-order valence-electron chi connectivity index (χ0n) is 14.9. The van der Waals surface area contributed by atoms with Crippen molar-refractivity contribution in [2.75, 3.05) is 18.1 Å². The van der Waals surface area contributed by atoms with Crippen LogP contribution in [0.25, 0.3) is 10.2 Å². The number of carbonyl (C=O) groups excluding carboxylic acids is 1. The lowest BCUT2D eigenvalue weighted by Crippen LogP contribution is -2.37. The predicted molar refractivity (Wildman–Crippen MR) is 114 cm³/mol. The zero-order valence-corrected chi connectivity index (χ0v) is 18.1. The van der Waals surface area contributed by atoms with Crippen LogP contribution in [0.2, 0.25) is 8.67 Å². The van der Waals surface area contributed by atoms with E-state index in [0.29, 0.717) is 25.9 Å². The molecule has 1 amide bonds. The lowest BCUT2D eigenvalue weighted by molar-refractivity contribution is 0.0918. The van der Waals surface area contributed by atoms with E-state index in [2.05, 4.69) is 19.1 Å². The first kappa shape index (κ1) is 19.2. The van der Waals surface area contributed by atoms with Crippen LogP contribution in [0, 0.1) is 13.8 Å². The Hall–Kier alpha value is -1.18. The number of amides is 1. The average molecular weight is 441 g/mol. The molecule has 3 heterocycles. The van der Waals surface area contributed by atoms with Crippen molar-refractivity contribution in [1.29, 1.82) is 0 Å². The number of ether oxygens (including phenoxy) is 1. The van der Waals surface area contributed by atoms with Crippen molar-refractivity contribution >= 4 is 67.1 Å². The Bertz CT molecular complexity index is 1010. The van der Waals surface area contributed by atoms with E-state index in [4.69, 9.17) is 32.9 Å². The summed E-state index contributed by atoms with van der Waals surface area (Å²) in [5.41, 5.74) is 3.63. The highest BCUT2D eigenvalue weighted by Crippen LogP contribution is 2.36.